The highest BCUT2D eigenvalue weighted by molar-refractivity contribution is 7.99. The number of hydrogen-bond acceptors (Lipinski definition) is 4. The Kier molecular flexibility index (Phi) is 3.06. The Balaban J connectivity index is 2.13. The topological polar surface area (TPSA) is 47.9 Å². The number of nitrogens with zero attached hydrogens (tertiary/aromatic N) is 1. The third kappa shape index (κ3) is 2.02. The fraction of sp³-hybridized carbons (Fsp3) is 0.133. The van der Waals surface area contributed by atoms with Gasteiger partial charge in [0.15, 0.2) is 0 Å². The van der Waals surface area contributed by atoms with Crippen molar-refractivity contribution in [1.82, 2.24) is 0 Å². The zero-order valence-electron chi connectivity index (χ0n) is 10.5. The average Bonchev–Trinajstić information content (AvgIpc) is 2.46. The molecule has 0 aliphatic carbocycles. The van der Waals surface area contributed by atoms with E-state index in [9.17, 15) is 5.26 Å². The van der Waals surface area contributed by atoms with Crippen LogP contribution in [-0.4, -0.2) is 6.54 Å². The minimum absolute atomic E-state index is 0.674. The van der Waals surface area contributed by atoms with Crippen LogP contribution in [0.25, 0.3) is 0 Å². The van der Waals surface area contributed by atoms with Crippen molar-refractivity contribution in [2.24, 2.45) is 0 Å². The van der Waals surface area contributed by atoms with Gasteiger partial charge in [0.2, 0.25) is 0 Å². The highest BCUT2D eigenvalue weighted by Gasteiger charge is 2.20. The maximum Gasteiger partial charge on any atom is 0.101 e. The fourth-order valence-corrected chi connectivity index (χ4v) is 3.16. The monoisotopic (exact) mass is 267 g/mol. The number of nitrogens with one attached hydrogen (secondary N) is 2. The van der Waals surface area contributed by atoms with Gasteiger partial charge >= 0.3 is 0 Å². The van der Waals surface area contributed by atoms with Gasteiger partial charge in [-0.1, -0.05) is 23.9 Å². The Morgan fingerprint density at radius 2 is 2.05 bits per heavy atom. The van der Waals surface area contributed by atoms with Gasteiger partial charge in [-0.2, -0.15) is 5.26 Å². The molecule has 0 fully saturated rings. The number of anilines is 3. The molecule has 0 unspecified atom stereocenters. The molecular formula is C15H13N3S. The Morgan fingerprint density at radius 3 is 2.84 bits per heavy atom. The number of nitriles is 1. The van der Waals surface area contributed by atoms with Crippen LogP contribution in [0.5, 0.6) is 0 Å². The third-order valence-electron chi connectivity index (χ3n) is 3.01. The maximum atomic E-state index is 9.22. The van der Waals surface area contributed by atoms with Gasteiger partial charge in [0, 0.05) is 16.3 Å². The summed E-state index contributed by atoms with van der Waals surface area (Å²) in [4.78, 5) is 2.36. The van der Waals surface area contributed by atoms with E-state index in [1.807, 2.05) is 31.2 Å². The number of para-hydroxylation sites is 1. The fourth-order valence-electron chi connectivity index (χ4n) is 2.16. The van der Waals surface area contributed by atoms with E-state index in [2.05, 4.69) is 28.8 Å². The summed E-state index contributed by atoms with van der Waals surface area (Å²) in [6.07, 6.45) is 0. The van der Waals surface area contributed by atoms with Gasteiger partial charge in [0.25, 0.3) is 0 Å². The second-order valence-electron chi connectivity index (χ2n) is 4.23. The molecule has 0 aromatic heterocycles. The van der Waals surface area contributed by atoms with Crippen LogP contribution >= 0.6 is 11.8 Å². The van der Waals surface area contributed by atoms with Crippen molar-refractivity contribution in [3.05, 3.63) is 42.0 Å². The van der Waals surface area contributed by atoms with Crippen molar-refractivity contribution in [2.75, 3.05) is 17.2 Å². The molecule has 1 aliphatic rings. The summed E-state index contributed by atoms with van der Waals surface area (Å²) in [6, 6.07) is 14.3. The number of hydrogen-bond donors (Lipinski definition) is 2. The minimum atomic E-state index is 0.674. The van der Waals surface area contributed by atoms with E-state index in [4.69, 9.17) is 0 Å². The Labute approximate surface area is 116 Å². The molecule has 2 aromatic rings. The van der Waals surface area contributed by atoms with Crippen molar-refractivity contribution < 1.29 is 0 Å². The molecule has 1 heterocycles. The third-order valence-corrected chi connectivity index (χ3v) is 4.14. The summed E-state index contributed by atoms with van der Waals surface area (Å²) in [7, 11) is 0. The van der Waals surface area contributed by atoms with Gasteiger partial charge in [-0.3, -0.25) is 0 Å². The van der Waals surface area contributed by atoms with E-state index in [0.29, 0.717) is 5.56 Å². The molecule has 1 aliphatic heterocycles. The van der Waals surface area contributed by atoms with Gasteiger partial charge in [-0.05, 0) is 31.2 Å². The molecule has 2 aromatic carbocycles. The second kappa shape index (κ2) is 4.87. The summed E-state index contributed by atoms with van der Waals surface area (Å²) < 4.78 is 0. The van der Waals surface area contributed by atoms with Crippen molar-refractivity contribution in [3.8, 4) is 6.07 Å². The Morgan fingerprint density at radius 1 is 1.21 bits per heavy atom. The number of rotatable bonds is 2. The molecule has 0 radical (unpaired) electrons. The van der Waals surface area contributed by atoms with Crippen LogP contribution < -0.4 is 10.6 Å². The molecule has 0 bridgehead atoms. The average molecular weight is 267 g/mol. The van der Waals surface area contributed by atoms with Crippen LogP contribution in [0, 0.1) is 11.3 Å². The van der Waals surface area contributed by atoms with Crippen molar-refractivity contribution >= 4 is 28.8 Å². The second-order valence-corrected chi connectivity index (χ2v) is 5.31. The van der Waals surface area contributed by atoms with E-state index in [1.54, 1.807) is 11.8 Å². The van der Waals surface area contributed by atoms with E-state index in [-0.39, 0.29) is 0 Å². The molecule has 3 nitrogen and oxygen atoms in total. The van der Waals surface area contributed by atoms with Crippen LogP contribution in [0.4, 0.5) is 17.1 Å². The predicted octanol–water partition coefficient (Wildman–Crippen LogP) is 4.20. The first-order valence-corrected chi connectivity index (χ1v) is 7.00. The molecule has 0 spiro atoms. The molecule has 0 amide bonds. The highest BCUT2D eigenvalue weighted by Crippen LogP contribution is 2.47. The zero-order chi connectivity index (χ0) is 13.2. The lowest BCUT2D eigenvalue weighted by Crippen LogP contribution is -2.07. The van der Waals surface area contributed by atoms with Crippen LogP contribution in [0.15, 0.2) is 46.2 Å². The predicted molar refractivity (Wildman–Crippen MR) is 79.2 cm³/mol. The van der Waals surface area contributed by atoms with Crippen LogP contribution in [0.2, 0.25) is 0 Å². The zero-order valence-corrected chi connectivity index (χ0v) is 11.3. The SMILES string of the molecule is CCNc1c(C#N)ccc2c1Nc1ccccc1S2. The summed E-state index contributed by atoms with van der Waals surface area (Å²) in [5.41, 5.74) is 3.66. The minimum Gasteiger partial charge on any atom is -0.383 e. The summed E-state index contributed by atoms with van der Waals surface area (Å²) in [5, 5.41) is 15.9. The summed E-state index contributed by atoms with van der Waals surface area (Å²) in [5.74, 6) is 0. The molecule has 0 atom stereocenters. The van der Waals surface area contributed by atoms with Gasteiger partial charge in [-0.15, -0.1) is 0 Å². The Bertz CT molecular complexity index is 674. The highest BCUT2D eigenvalue weighted by atomic mass is 32.2. The summed E-state index contributed by atoms with van der Waals surface area (Å²) >= 11 is 1.73. The lowest BCUT2D eigenvalue weighted by Gasteiger charge is -2.24. The van der Waals surface area contributed by atoms with Crippen molar-refractivity contribution in [2.45, 2.75) is 16.7 Å². The van der Waals surface area contributed by atoms with Crippen LogP contribution in [0.1, 0.15) is 12.5 Å². The molecule has 94 valence electrons. The molecular weight excluding hydrogens is 254 g/mol. The molecule has 2 N–H and O–H groups in total. The molecule has 4 heteroatoms. The molecule has 3 rings (SSSR count). The first-order chi connectivity index (χ1) is 9.33. The van der Waals surface area contributed by atoms with E-state index in [1.165, 1.54) is 4.90 Å². The largest absolute Gasteiger partial charge is 0.383 e. The standard InChI is InChI=1S/C15H13N3S/c1-2-17-14-10(9-16)7-8-13-15(14)18-11-5-3-4-6-12(11)19-13/h3-8,17-18H,2H2,1H3. The van der Waals surface area contributed by atoms with Crippen molar-refractivity contribution in [3.63, 3.8) is 0 Å². The van der Waals surface area contributed by atoms with Gasteiger partial charge in [0.1, 0.15) is 6.07 Å². The van der Waals surface area contributed by atoms with E-state index >= 15 is 0 Å². The maximum absolute atomic E-state index is 9.22. The molecule has 19 heavy (non-hydrogen) atoms. The number of benzene rings is 2. The van der Waals surface area contributed by atoms with E-state index < -0.39 is 0 Å². The summed E-state index contributed by atoms with van der Waals surface area (Å²) in [6.45, 7) is 2.82. The number of fused-ring (bicyclic) bond motifs is 2. The van der Waals surface area contributed by atoms with Crippen LogP contribution in [-0.2, 0) is 0 Å². The normalized spacial score (nSPS) is 11.8. The quantitative estimate of drug-likeness (QED) is 0.730. The smallest absolute Gasteiger partial charge is 0.101 e. The van der Waals surface area contributed by atoms with Crippen LogP contribution in [0.3, 0.4) is 0 Å². The first-order valence-electron chi connectivity index (χ1n) is 6.18. The van der Waals surface area contributed by atoms with Gasteiger partial charge in [-0.25, -0.2) is 0 Å². The van der Waals surface area contributed by atoms with Gasteiger partial charge < -0.3 is 10.6 Å². The van der Waals surface area contributed by atoms with E-state index in [0.717, 1.165) is 28.5 Å². The molecule has 0 saturated carbocycles. The lowest BCUT2D eigenvalue weighted by molar-refractivity contribution is 1.19. The van der Waals surface area contributed by atoms with Gasteiger partial charge in [0.05, 0.1) is 22.6 Å². The Hall–Kier alpha value is -2.12. The van der Waals surface area contributed by atoms with Crippen molar-refractivity contribution in [1.29, 1.82) is 5.26 Å². The lowest BCUT2D eigenvalue weighted by atomic mass is 10.1. The first kappa shape index (κ1) is 11.9. The molecule has 0 saturated heterocycles.